The maximum atomic E-state index is 2.70. The molecule has 4 aliphatic carbocycles. The van der Waals surface area contributed by atoms with Gasteiger partial charge in [0, 0.05) is 11.3 Å². The first-order valence-electron chi connectivity index (χ1n) is 26.5. The highest BCUT2D eigenvalue weighted by molar-refractivity contribution is 6.01. The van der Waals surface area contributed by atoms with Crippen molar-refractivity contribution in [1.82, 2.24) is 0 Å². The van der Waals surface area contributed by atoms with Crippen molar-refractivity contribution in [3.63, 3.8) is 0 Å². The van der Waals surface area contributed by atoms with Gasteiger partial charge < -0.3 is 4.90 Å². The van der Waals surface area contributed by atoms with Crippen molar-refractivity contribution in [2.45, 2.75) is 108 Å². The maximum Gasteiger partial charge on any atom is 0.0726 e. The minimum absolute atomic E-state index is 0.0271. The van der Waals surface area contributed by atoms with Crippen molar-refractivity contribution >= 4 is 17.1 Å². The van der Waals surface area contributed by atoms with E-state index in [0.29, 0.717) is 0 Å². The van der Waals surface area contributed by atoms with Gasteiger partial charge in [-0.25, -0.2) is 0 Å². The van der Waals surface area contributed by atoms with Crippen molar-refractivity contribution < 1.29 is 0 Å². The zero-order valence-corrected chi connectivity index (χ0v) is 43.3. The van der Waals surface area contributed by atoms with Crippen LogP contribution in [0.4, 0.5) is 17.1 Å². The lowest BCUT2D eigenvalue weighted by Gasteiger charge is -2.45. The van der Waals surface area contributed by atoms with Crippen LogP contribution in [0.15, 0.2) is 200 Å². The van der Waals surface area contributed by atoms with Gasteiger partial charge in [-0.05, 0) is 172 Å². The summed E-state index contributed by atoms with van der Waals surface area (Å²) in [5.41, 5.74) is 27.3. The quantitative estimate of drug-likeness (QED) is 0.161. The standard InChI is InChI=1S/C71H65N/c1-67(2)40-42-69(5,6)65-54(25-18-29-60(65)67)56-44-55-53-24-14-17-28-59(53)71(57-26-15-12-22-51(57)52-23-13-16-27-58(52)71)62(55)45-64(56)72(63-31-19-30-61-66(63)70(7,8)43-41-68(61,3)4)50-38-36-49(37-39-50)48-34-32-47(33-35-48)46-20-10-9-11-21-46/h9-39,44-45H,40-43H2,1-8H3. The van der Waals surface area contributed by atoms with Crippen LogP contribution in [0.5, 0.6) is 0 Å². The fraction of sp³-hybridized carbons (Fsp3) is 0.239. The molecule has 0 aromatic heterocycles. The highest BCUT2D eigenvalue weighted by Gasteiger charge is 2.52. The molecule has 0 atom stereocenters. The topological polar surface area (TPSA) is 3.24 Å². The van der Waals surface area contributed by atoms with Gasteiger partial charge in [0.25, 0.3) is 0 Å². The average Bonchev–Trinajstić information content (AvgIpc) is 3.86. The average molecular weight is 932 g/mol. The summed E-state index contributed by atoms with van der Waals surface area (Å²) in [6.07, 6.45) is 4.57. The van der Waals surface area contributed by atoms with E-state index in [0.717, 1.165) is 31.4 Å². The summed E-state index contributed by atoms with van der Waals surface area (Å²) in [5.74, 6) is 0. The van der Waals surface area contributed by atoms with Gasteiger partial charge in [0.05, 0.1) is 16.8 Å². The van der Waals surface area contributed by atoms with Crippen molar-refractivity contribution in [2.75, 3.05) is 4.90 Å². The third-order valence-electron chi connectivity index (χ3n) is 18.0. The Morgan fingerprint density at radius 3 is 1.24 bits per heavy atom. The highest BCUT2D eigenvalue weighted by atomic mass is 15.1. The summed E-state index contributed by atoms with van der Waals surface area (Å²) in [6.45, 7) is 19.8. The Kier molecular flexibility index (Phi) is 9.86. The Bertz CT molecular complexity index is 3570. The zero-order chi connectivity index (χ0) is 49.4. The molecule has 0 unspecified atom stereocenters. The SMILES string of the molecule is CC1(C)CCC(C)(C)c2c(-c3cc4c(cc3N(c3ccc(-c5ccc(-c6ccccc6)cc5)cc3)c3cccc5c3C(C)(C)CCC5(C)C)C3(c5ccccc5-c5ccccc53)c3ccccc3-4)cccc21. The molecule has 0 fully saturated rings. The van der Waals surface area contributed by atoms with Crippen LogP contribution in [0.25, 0.3) is 55.6 Å². The summed E-state index contributed by atoms with van der Waals surface area (Å²) in [5, 5.41) is 0. The van der Waals surface area contributed by atoms with E-state index in [-0.39, 0.29) is 21.7 Å². The molecule has 0 bridgehead atoms. The van der Waals surface area contributed by atoms with Crippen LogP contribution in [-0.2, 0) is 27.1 Å². The monoisotopic (exact) mass is 932 g/mol. The number of hydrogen-bond acceptors (Lipinski definition) is 1. The third-order valence-corrected chi connectivity index (χ3v) is 18.0. The molecule has 1 spiro atoms. The molecule has 0 aliphatic heterocycles. The number of benzene rings is 9. The molecule has 0 amide bonds. The molecule has 13 rings (SSSR count). The number of anilines is 3. The predicted molar refractivity (Wildman–Crippen MR) is 304 cm³/mol. The van der Waals surface area contributed by atoms with E-state index in [9.17, 15) is 0 Å². The predicted octanol–water partition coefficient (Wildman–Crippen LogP) is 19.2. The Labute approximate surface area is 428 Å². The normalized spacial score (nSPS) is 17.5. The molecule has 354 valence electrons. The molecule has 1 nitrogen and oxygen atoms in total. The van der Waals surface area contributed by atoms with Crippen LogP contribution in [0.3, 0.4) is 0 Å². The van der Waals surface area contributed by atoms with Crippen molar-refractivity contribution in [3.05, 3.63) is 245 Å². The van der Waals surface area contributed by atoms with Gasteiger partial charge in [0.1, 0.15) is 0 Å². The minimum Gasteiger partial charge on any atom is -0.310 e. The fourth-order valence-corrected chi connectivity index (χ4v) is 14.1. The second-order valence-electron chi connectivity index (χ2n) is 24.1. The van der Waals surface area contributed by atoms with Gasteiger partial charge in [0.15, 0.2) is 0 Å². The van der Waals surface area contributed by atoms with Gasteiger partial charge in [-0.3, -0.25) is 0 Å². The molecule has 9 aromatic rings. The first-order valence-corrected chi connectivity index (χ1v) is 26.5. The van der Waals surface area contributed by atoms with Gasteiger partial charge in [-0.15, -0.1) is 0 Å². The van der Waals surface area contributed by atoms with E-state index in [1.807, 2.05) is 0 Å². The van der Waals surface area contributed by atoms with Crippen LogP contribution in [-0.4, -0.2) is 0 Å². The highest BCUT2D eigenvalue weighted by Crippen LogP contribution is 2.65. The molecule has 0 saturated carbocycles. The Balaban J connectivity index is 1.13. The number of nitrogens with zero attached hydrogens (tertiary/aromatic N) is 1. The minimum atomic E-state index is -0.497. The molecule has 1 heteroatoms. The second-order valence-corrected chi connectivity index (χ2v) is 24.1. The molecule has 4 aliphatic rings. The van der Waals surface area contributed by atoms with Gasteiger partial charge in [0.2, 0.25) is 0 Å². The van der Waals surface area contributed by atoms with Crippen molar-refractivity contribution in [1.29, 1.82) is 0 Å². The van der Waals surface area contributed by atoms with Crippen LogP contribution >= 0.6 is 0 Å². The van der Waals surface area contributed by atoms with Gasteiger partial charge in [-0.1, -0.05) is 225 Å². The molecule has 72 heavy (non-hydrogen) atoms. The molecule has 0 N–H and O–H groups in total. The van der Waals surface area contributed by atoms with Crippen molar-refractivity contribution in [3.8, 4) is 55.6 Å². The zero-order valence-electron chi connectivity index (χ0n) is 43.3. The molecule has 0 saturated heterocycles. The summed E-state index contributed by atoms with van der Waals surface area (Å²) in [6, 6.07) is 76.8. The Hall–Kier alpha value is -7.22. The number of hydrogen-bond donors (Lipinski definition) is 0. The molecule has 0 heterocycles. The van der Waals surface area contributed by atoms with Gasteiger partial charge >= 0.3 is 0 Å². The summed E-state index contributed by atoms with van der Waals surface area (Å²) in [7, 11) is 0. The van der Waals surface area contributed by atoms with E-state index < -0.39 is 5.41 Å². The first-order chi connectivity index (χ1) is 34.7. The maximum absolute atomic E-state index is 2.70. The number of fused-ring (bicyclic) bond motifs is 12. The molecular formula is C71H65N. The largest absolute Gasteiger partial charge is 0.310 e. The lowest BCUT2D eigenvalue weighted by molar-refractivity contribution is 0.332. The number of rotatable bonds is 6. The smallest absolute Gasteiger partial charge is 0.0726 e. The van der Waals surface area contributed by atoms with Crippen LogP contribution < -0.4 is 4.90 Å². The molecule has 9 aromatic carbocycles. The fourth-order valence-electron chi connectivity index (χ4n) is 14.1. The van der Waals surface area contributed by atoms with Crippen molar-refractivity contribution in [2.24, 2.45) is 0 Å². The van der Waals surface area contributed by atoms with Crippen LogP contribution in [0.1, 0.15) is 126 Å². The summed E-state index contributed by atoms with van der Waals surface area (Å²) >= 11 is 0. The van der Waals surface area contributed by atoms with E-state index >= 15 is 0 Å². The lowest BCUT2D eigenvalue weighted by atomic mass is 9.61. The van der Waals surface area contributed by atoms with E-state index in [2.05, 4.69) is 260 Å². The van der Waals surface area contributed by atoms with Crippen LogP contribution in [0.2, 0.25) is 0 Å². The van der Waals surface area contributed by atoms with E-state index in [1.165, 1.54) is 112 Å². The summed E-state index contributed by atoms with van der Waals surface area (Å²) < 4.78 is 0. The Morgan fingerprint density at radius 1 is 0.278 bits per heavy atom. The molecular weight excluding hydrogens is 867 g/mol. The van der Waals surface area contributed by atoms with E-state index in [4.69, 9.17) is 0 Å². The third kappa shape index (κ3) is 6.51. The van der Waals surface area contributed by atoms with E-state index in [1.54, 1.807) is 0 Å². The van der Waals surface area contributed by atoms with Gasteiger partial charge in [-0.2, -0.15) is 0 Å². The second kappa shape index (κ2) is 15.9. The first kappa shape index (κ1) is 44.7. The van der Waals surface area contributed by atoms with Crippen LogP contribution in [0, 0.1) is 0 Å². The molecule has 0 radical (unpaired) electrons. The lowest BCUT2D eigenvalue weighted by Crippen LogP contribution is -2.35. The Morgan fingerprint density at radius 2 is 0.681 bits per heavy atom. The summed E-state index contributed by atoms with van der Waals surface area (Å²) in [4.78, 5) is 2.70.